The van der Waals surface area contributed by atoms with Crippen molar-refractivity contribution in [1.29, 1.82) is 0 Å². The Balaban J connectivity index is 1.89. The summed E-state index contributed by atoms with van der Waals surface area (Å²) in [6.45, 7) is 0.875. The van der Waals surface area contributed by atoms with Crippen LogP contribution in [-0.4, -0.2) is 29.0 Å². The summed E-state index contributed by atoms with van der Waals surface area (Å²) in [7, 11) is 0. The molecule has 1 N–H and O–H groups in total. The molecule has 0 unspecified atom stereocenters. The highest BCUT2D eigenvalue weighted by atomic mass is 16.3. The van der Waals surface area contributed by atoms with Gasteiger partial charge in [0.2, 0.25) is 6.41 Å². The van der Waals surface area contributed by atoms with E-state index in [1.54, 1.807) is 6.07 Å². The number of fused-ring (bicyclic) bond motifs is 1. The van der Waals surface area contributed by atoms with Crippen molar-refractivity contribution in [1.82, 2.24) is 4.90 Å². The highest BCUT2D eigenvalue weighted by Crippen LogP contribution is 2.55. The number of rotatable bonds is 1. The molecular formula is C17H21NO2. The lowest BCUT2D eigenvalue weighted by Crippen LogP contribution is -2.60. The van der Waals surface area contributed by atoms with Crippen molar-refractivity contribution >= 4 is 6.41 Å². The molecule has 1 aromatic rings. The van der Waals surface area contributed by atoms with E-state index in [-0.39, 0.29) is 5.41 Å². The van der Waals surface area contributed by atoms with Gasteiger partial charge in [0.05, 0.1) is 0 Å². The number of hydrogen-bond donors (Lipinski definition) is 1. The van der Waals surface area contributed by atoms with Crippen LogP contribution in [0.5, 0.6) is 5.75 Å². The van der Waals surface area contributed by atoms with Crippen molar-refractivity contribution in [2.24, 2.45) is 5.92 Å². The van der Waals surface area contributed by atoms with Gasteiger partial charge in [0.25, 0.3) is 0 Å². The third kappa shape index (κ3) is 1.49. The lowest BCUT2D eigenvalue weighted by Gasteiger charge is -2.58. The van der Waals surface area contributed by atoms with E-state index >= 15 is 0 Å². The van der Waals surface area contributed by atoms with Crippen LogP contribution in [0, 0.1) is 5.92 Å². The summed E-state index contributed by atoms with van der Waals surface area (Å²) in [5, 5.41) is 9.90. The summed E-state index contributed by atoms with van der Waals surface area (Å²) in [5.74, 6) is 0.975. The summed E-state index contributed by atoms with van der Waals surface area (Å²) < 4.78 is 0. The monoisotopic (exact) mass is 271 g/mol. The number of piperidine rings is 1. The first kappa shape index (κ1) is 12.2. The zero-order valence-corrected chi connectivity index (χ0v) is 11.7. The molecule has 1 saturated carbocycles. The van der Waals surface area contributed by atoms with Gasteiger partial charge in [-0.1, -0.05) is 18.9 Å². The van der Waals surface area contributed by atoms with Crippen LogP contribution in [0.4, 0.5) is 0 Å². The van der Waals surface area contributed by atoms with Crippen LogP contribution in [0.25, 0.3) is 0 Å². The number of nitrogens with zero attached hydrogens (tertiary/aromatic N) is 1. The zero-order valence-electron chi connectivity index (χ0n) is 11.7. The average Bonchev–Trinajstić information content (AvgIpc) is 2.48. The zero-order chi connectivity index (χ0) is 13.7. The smallest absolute Gasteiger partial charge is 0.209 e. The molecule has 1 aromatic carbocycles. The topological polar surface area (TPSA) is 40.5 Å². The lowest BCUT2D eigenvalue weighted by molar-refractivity contribution is -0.126. The number of amides is 1. The standard InChI is InChI=1S/C17H21NO2/c19-11-18-8-7-17-6-2-1-3-14(17)16(18)9-12-4-5-13(20)10-15(12)17/h4-5,10-11,14,16,20H,1-3,6-9H2/t14-,16-,17-/m0/s1. The number of carbonyl (C=O) groups excluding carboxylic acids is 1. The Labute approximate surface area is 119 Å². The molecule has 2 bridgehead atoms. The molecule has 3 heteroatoms. The minimum absolute atomic E-state index is 0.217. The largest absolute Gasteiger partial charge is 0.508 e. The van der Waals surface area contributed by atoms with Gasteiger partial charge in [-0.15, -0.1) is 0 Å². The molecule has 1 aliphatic heterocycles. The third-order valence-corrected chi connectivity index (χ3v) is 6.00. The van der Waals surface area contributed by atoms with Crippen LogP contribution in [-0.2, 0) is 16.6 Å². The van der Waals surface area contributed by atoms with Gasteiger partial charge >= 0.3 is 0 Å². The molecule has 0 aromatic heterocycles. The molecule has 2 aliphatic carbocycles. The highest BCUT2D eigenvalue weighted by molar-refractivity contribution is 5.52. The summed E-state index contributed by atoms with van der Waals surface area (Å²) in [4.78, 5) is 13.4. The van der Waals surface area contributed by atoms with Gasteiger partial charge < -0.3 is 10.0 Å². The van der Waals surface area contributed by atoms with E-state index in [1.807, 2.05) is 11.0 Å². The first-order valence-electron chi connectivity index (χ1n) is 7.78. The number of benzene rings is 1. The number of phenolic OH excluding ortho intramolecular Hbond substituents is 1. The maximum absolute atomic E-state index is 11.4. The second-order valence-corrected chi connectivity index (χ2v) is 6.71. The van der Waals surface area contributed by atoms with Crippen LogP contribution >= 0.6 is 0 Å². The van der Waals surface area contributed by atoms with Crippen LogP contribution in [0.2, 0.25) is 0 Å². The van der Waals surface area contributed by atoms with Crippen molar-refractivity contribution < 1.29 is 9.90 Å². The van der Waals surface area contributed by atoms with Gasteiger partial charge in [0, 0.05) is 18.0 Å². The maximum atomic E-state index is 11.4. The number of aromatic hydroxyl groups is 1. The number of phenols is 1. The van der Waals surface area contributed by atoms with E-state index in [9.17, 15) is 9.90 Å². The molecule has 2 fully saturated rings. The molecule has 20 heavy (non-hydrogen) atoms. The Kier molecular flexibility index (Phi) is 2.60. The third-order valence-electron chi connectivity index (χ3n) is 6.00. The Morgan fingerprint density at radius 3 is 3.05 bits per heavy atom. The SMILES string of the molecule is O=CN1CC[C@@]23CCCC[C@H]2[C@@H]1Cc1ccc(O)cc13. The van der Waals surface area contributed by atoms with Crippen molar-refractivity contribution in [3.8, 4) is 5.75 Å². The molecule has 3 nitrogen and oxygen atoms in total. The fourth-order valence-corrected chi connectivity index (χ4v) is 5.15. The normalized spacial score (nSPS) is 35.1. The predicted molar refractivity (Wildman–Crippen MR) is 76.6 cm³/mol. The summed E-state index contributed by atoms with van der Waals surface area (Å²) in [6, 6.07) is 6.23. The quantitative estimate of drug-likeness (QED) is 0.798. The van der Waals surface area contributed by atoms with Gasteiger partial charge in [-0.05, 0) is 54.9 Å². The lowest BCUT2D eigenvalue weighted by atomic mass is 9.52. The summed E-state index contributed by atoms with van der Waals surface area (Å²) in [6.07, 6.45) is 8.07. The summed E-state index contributed by atoms with van der Waals surface area (Å²) >= 11 is 0. The van der Waals surface area contributed by atoms with Gasteiger partial charge in [-0.25, -0.2) is 0 Å². The fourth-order valence-electron chi connectivity index (χ4n) is 5.15. The number of likely N-dealkylation sites (tertiary alicyclic amines) is 1. The minimum Gasteiger partial charge on any atom is -0.508 e. The Bertz CT molecular complexity index is 556. The molecule has 0 spiro atoms. The second kappa shape index (κ2) is 4.24. The van der Waals surface area contributed by atoms with Crippen molar-refractivity contribution in [3.05, 3.63) is 29.3 Å². The van der Waals surface area contributed by atoms with E-state index in [0.29, 0.717) is 17.7 Å². The van der Waals surface area contributed by atoms with Gasteiger partial charge in [-0.3, -0.25) is 4.79 Å². The van der Waals surface area contributed by atoms with Crippen LogP contribution < -0.4 is 0 Å². The maximum Gasteiger partial charge on any atom is 0.209 e. The summed E-state index contributed by atoms with van der Waals surface area (Å²) in [5.41, 5.74) is 2.94. The Morgan fingerprint density at radius 2 is 2.20 bits per heavy atom. The predicted octanol–water partition coefficient (Wildman–Crippen LogP) is 2.61. The van der Waals surface area contributed by atoms with Crippen LogP contribution in [0.3, 0.4) is 0 Å². The van der Waals surface area contributed by atoms with E-state index in [0.717, 1.165) is 25.8 Å². The average molecular weight is 271 g/mol. The number of carbonyl (C=O) groups is 1. The van der Waals surface area contributed by atoms with E-state index < -0.39 is 0 Å². The molecule has 4 rings (SSSR count). The second-order valence-electron chi connectivity index (χ2n) is 6.71. The van der Waals surface area contributed by atoms with Crippen molar-refractivity contribution in [2.75, 3.05) is 6.54 Å². The Morgan fingerprint density at radius 1 is 1.30 bits per heavy atom. The van der Waals surface area contributed by atoms with Crippen LogP contribution in [0.1, 0.15) is 43.2 Å². The van der Waals surface area contributed by atoms with Crippen LogP contribution in [0.15, 0.2) is 18.2 Å². The molecule has 1 heterocycles. The Hall–Kier alpha value is -1.51. The first-order valence-corrected chi connectivity index (χ1v) is 7.78. The van der Waals surface area contributed by atoms with E-state index in [4.69, 9.17) is 0 Å². The highest BCUT2D eigenvalue weighted by Gasteiger charge is 2.53. The van der Waals surface area contributed by atoms with E-state index in [2.05, 4.69) is 6.07 Å². The van der Waals surface area contributed by atoms with E-state index in [1.165, 1.54) is 36.8 Å². The number of hydrogen-bond acceptors (Lipinski definition) is 2. The van der Waals surface area contributed by atoms with Gasteiger partial charge in [-0.2, -0.15) is 0 Å². The molecule has 3 atom stereocenters. The van der Waals surface area contributed by atoms with Gasteiger partial charge in [0.15, 0.2) is 0 Å². The first-order chi connectivity index (χ1) is 9.74. The van der Waals surface area contributed by atoms with Crippen molar-refractivity contribution in [2.45, 2.75) is 50.0 Å². The molecule has 106 valence electrons. The molecule has 1 saturated heterocycles. The molecule has 1 amide bonds. The minimum atomic E-state index is 0.217. The van der Waals surface area contributed by atoms with Crippen molar-refractivity contribution in [3.63, 3.8) is 0 Å². The van der Waals surface area contributed by atoms with Gasteiger partial charge in [0.1, 0.15) is 5.75 Å². The molecule has 3 aliphatic rings. The fraction of sp³-hybridized carbons (Fsp3) is 0.588. The molecule has 0 radical (unpaired) electrons. The molecular weight excluding hydrogens is 250 g/mol.